The Bertz CT molecular complexity index is 857. The predicted molar refractivity (Wildman–Crippen MR) is 97.2 cm³/mol. The minimum Gasteiger partial charge on any atom is -0.472 e. The number of fused-ring (bicyclic) bond motifs is 1. The summed E-state index contributed by atoms with van der Waals surface area (Å²) in [7, 11) is 0. The zero-order valence-corrected chi connectivity index (χ0v) is 15.3. The molecule has 6 nitrogen and oxygen atoms in total. The number of aromatic nitrogens is 3. The molecular weight excluding hydrogens is 328 g/mol. The van der Waals surface area contributed by atoms with E-state index in [1.54, 1.807) is 6.26 Å². The van der Waals surface area contributed by atoms with Crippen LogP contribution in [0.1, 0.15) is 41.4 Å². The first kappa shape index (κ1) is 17.0. The van der Waals surface area contributed by atoms with Crippen LogP contribution in [-0.2, 0) is 31.0 Å². The van der Waals surface area contributed by atoms with Crippen LogP contribution in [0, 0.1) is 6.92 Å². The molecule has 4 heterocycles. The Balaban J connectivity index is 1.38. The van der Waals surface area contributed by atoms with Crippen LogP contribution in [0.4, 0.5) is 0 Å². The number of rotatable bonds is 6. The zero-order valence-electron chi connectivity index (χ0n) is 15.3. The third-order valence-corrected chi connectivity index (χ3v) is 4.91. The van der Waals surface area contributed by atoms with Crippen LogP contribution in [0.5, 0.6) is 0 Å². The van der Waals surface area contributed by atoms with Gasteiger partial charge in [-0.25, -0.2) is 4.98 Å². The van der Waals surface area contributed by atoms with Crippen LogP contribution in [0.25, 0.3) is 0 Å². The van der Waals surface area contributed by atoms with Gasteiger partial charge in [0.15, 0.2) is 0 Å². The third-order valence-electron chi connectivity index (χ3n) is 4.91. The molecule has 0 unspecified atom stereocenters. The number of ether oxygens (including phenoxy) is 1. The summed E-state index contributed by atoms with van der Waals surface area (Å²) >= 11 is 0. The number of aryl methyl sites for hydroxylation is 1. The van der Waals surface area contributed by atoms with Gasteiger partial charge in [-0.1, -0.05) is 6.07 Å². The van der Waals surface area contributed by atoms with Crippen LogP contribution in [0.15, 0.2) is 47.4 Å². The first-order valence-corrected chi connectivity index (χ1v) is 9.00. The Morgan fingerprint density at radius 3 is 2.96 bits per heavy atom. The van der Waals surface area contributed by atoms with E-state index in [-0.39, 0.29) is 6.04 Å². The molecule has 0 N–H and O–H groups in total. The van der Waals surface area contributed by atoms with Crippen LogP contribution in [0.2, 0.25) is 0 Å². The predicted octanol–water partition coefficient (Wildman–Crippen LogP) is 3.47. The quantitative estimate of drug-likeness (QED) is 0.680. The fourth-order valence-corrected chi connectivity index (χ4v) is 3.49. The molecule has 1 aliphatic heterocycles. The molecule has 3 aromatic heterocycles. The summed E-state index contributed by atoms with van der Waals surface area (Å²) in [6.07, 6.45) is 5.48. The second-order valence-electron chi connectivity index (χ2n) is 6.80. The average Bonchev–Trinajstić information content (AvgIpc) is 3.28. The minimum absolute atomic E-state index is 0.269. The monoisotopic (exact) mass is 352 g/mol. The summed E-state index contributed by atoms with van der Waals surface area (Å²) in [6.45, 7) is 8.07. The van der Waals surface area contributed by atoms with Gasteiger partial charge in [0.1, 0.15) is 5.82 Å². The fourth-order valence-electron chi connectivity index (χ4n) is 3.49. The largest absolute Gasteiger partial charge is 0.472 e. The molecule has 4 rings (SSSR count). The Kier molecular flexibility index (Phi) is 4.86. The van der Waals surface area contributed by atoms with Gasteiger partial charge in [0.2, 0.25) is 0 Å². The number of pyridine rings is 1. The smallest absolute Gasteiger partial charge is 0.126 e. The van der Waals surface area contributed by atoms with Crippen LogP contribution in [-0.4, -0.2) is 26.0 Å². The highest BCUT2D eigenvalue weighted by Gasteiger charge is 2.27. The van der Waals surface area contributed by atoms with Crippen molar-refractivity contribution in [1.82, 2.24) is 19.4 Å². The van der Waals surface area contributed by atoms with E-state index in [9.17, 15) is 0 Å². The van der Waals surface area contributed by atoms with Crippen molar-refractivity contribution in [2.24, 2.45) is 0 Å². The lowest BCUT2D eigenvalue weighted by Gasteiger charge is -2.34. The van der Waals surface area contributed by atoms with Crippen molar-refractivity contribution < 1.29 is 9.15 Å². The summed E-state index contributed by atoms with van der Waals surface area (Å²) in [5, 5.41) is 0. The van der Waals surface area contributed by atoms with E-state index in [1.165, 1.54) is 5.56 Å². The number of furan rings is 1. The number of imidazole rings is 1. The number of hydrogen-bond donors (Lipinski definition) is 0. The highest BCUT2D eigenvalue weighted by Crippen LogP contribution is 2.27. The van der Waals surface area contributed by atoms with Gasteiger partial charge < -0.3 is 13.7 Å². The molecular formula is C20H24N4O2. The van der Waals surface area contributed by atoms with E-state index < -0.39 is 0 Å². The summed E-state index contributed by atoms with van der Waals surface area (Å²) in [4.78, 5) is 11.6. The number of nitrogens with zero attached hydrogens (tertiary/aromatic N) is 4. The van der Waals surface area contributed by atoms with Crippen molar-refractivity contribution >= 4 is 0 Å². The van der Waals surface area contributed by atoms with Gasteiger partial charge in [-0.3, -0.25) is 9.88 Å². The molecule has 0 aromatic carbocycles. The summed E-state index contributed by atoms with van der Waals surface area (Å²) < 4.78 is 13.4. The molecule has 1 aliphatic rings. The Labute approximate surface area is 153 Å². The Morgan fingerprint density at radius 1 is 1.23 bits per heavy atom. The maximum Gasteiger partial charge on any atom is 0.126 e. The summed E-state index contributed by atoms with van der Waals surface area (Å²) in [6, 6.07) is 8.29. The number of hydrogen-bond acceptors (Lipinski definition) is 5. The first-order chi connectivity index (χ1) is 12.7. The third kappa shape index (κ3) is 3.57. The van der Waals surface area contributed by atoms with Gasteiger partial charge >= 0.3 is 0 Å². The van der Waals surface area contributed by atoms with Gasteiger partial charge in [-0.15, -0.1) is 0 Å². The average molecular weight is 352 g/mol. The minimum atomic E-state index is 0.269. The lowest BCUT2D eigenvalue weighted by molar-refractivity contribution is 0.0948. The van der Waals surface area contributed by atoms with Gasteiger partial charge in [-0.05, 0) is 32.0 Å². The van der Waals surface area contributed by atoms with E-state index in [2.05, 4.69) is 26.4 Å². The lowest BCUT2D eigenvalue weighted by Crippen LogP contribution is -2.37. The van der Waals surface area contributed by atoms with E-state index in [0.29, 0.717) is 13.2 Å². The van der Waals surface area contributed by atoms with Crippen molar-refractivity contribution in [2.75, 3.05) is 6.54 Å². The molecule has 0 saturated heterocycles. The molecule has 0 spiro atoms. The molecule has 0 saturated carbocycles. The standard InChI is InChI=1S/C20H24N4O2/c1-15-4-3-5-18(22-15)13-26-14-19-10-21-20-16(2)23(7-8-24(19)20)11-17-6-9-25-12-17/h3-6,9-10,12,16H,7-8,11,13-14H2,1-2H3/t16-/m0/s1. The summed E-state index contributed by atoms with van der Waals surface area (Å²) in [5.74, 6) is 1.10. The van der Waals surface area contributed by atoms with Crippen molar-refractivity contribution in [1.29, 1.82) is 0 Å². The first-order valence-electron chi connectivity index (χ1n) is 9.00. The lowest BCUT2D eigenvalue weighted by atomic mass is 10.2. The van der Waals surface area contributed by atoms with Gasteiger partial charge in [0.25, 0.3) is 0 Å². The van der Waals surface area contributed by atoms with Gasteiger partial charge in [0, 0.05) is 30.9 Å². The molecule has 0 radical (unpaired) electrons. The van der Waals surface area contributed by atoms with Crippen LogP contribution >= 0.6 is 0 Å². The molecule has 136 valence electrons. The molecule has 3 aromatic rings. The van der Waals surface area contributed by atoms with Crippen molar-refractivity contribution in [3.63, 3.8) is 0 Å². The maximum absolute atomic E-state index is 5.88. The van der Waals surface area contributed by atoms with E-state index in [0.717, 1.165) is 42.5 Å². The highest BCUT2D eigenvalue weighted by atomic mass is 16.5. The van der Waals surface area contributed by atoms with Crippen LogP contribution in [0.3, 0.4) is 0 Å². The zero-order chi connectivity index (χ0) is 17.9. The topological polar surface area (TPSA) is 56.3 Å². The van der Waals surface area contributed by atoms with E-state index >= 15 is 0 Å². The molecule has 0 aliphatic carbocycles. The normalized spacial score (nSPS) is 17.4. The Hall–Kier alpha value is -2.44. The van der Waals surface area contributed by atoms with Crippen molar-refractivity contribution in [3.8, 4) is 0 Å². The van der Waals surface area contributed by atoms with E-state index in [1.807, 2.05) is 43.6 Å². The fraction of sp³-hybridized carbons (Fsp3) is 0.400. The molecule has 1 atom stereocenters. The molecule has 0 fully saturated rings. The second kappa shape index (κ2) is 7.43. The molecule has 0 bridgehead atoms. The van der Waals surface area contributed by atoms with Gasteiger partial charge in [0.05, 0.1) is 49.4 Å². The highest BCUT2D eigenvalue weighted by molar-refractivity contribution is 5.13. The van der Waals surface area contributed by atoms with Crippen LogP contribution < -0.4 is 0 Å². The SMILES string of the molecule is Cc1cccc(COCc2cnc3n2CCN(Cc2ccoc2)[C@H]3C)n1. The molecule has 26 heavy (non-hydrogen) atoms. The second-order valence-corrected chi connectivity index (χ2v) is 6.80. The maximum atomic E-state index is 5.88. The Morgan fingerprint density at radius 2 is 2.15 bits per heavy atom. The van der Waals surface area contributed by atoms with Crippen molar-refractivity contribution in [3.05, 3.63) is 71.5 Å². The molecule has 6 heteroatoms. The summed E-state index contributed by atoms with van der Waals surface area (Å²) in [5.41, 5.74) is 4.30. The van der Waals surface area contributed by atoms with E-state index in [4.69, 9.17) is 9.15 Å². The molecule has 0 amide bonds. The van der Waals surface area contributed by atoms with Crippen molar-refractivity contribution in [2.45, 2.75) is 46.2 Å². The van der Waals surface area contributed by atoms with Gasteiger partial charge in [-0.2, -0.15) is 0 Å².